The van der Waals surface area contributed by atoms with Crippen molar-refractivity contribution >= 4 is 11.6 Å². The van der Waals surface area contributed by atoms with Gasteiger partial charge in [-0.3, -0.25) is 9.79 Å². The van der Waals surface area contributed by atoms with Gasteiger partial charge in [-0.1, -0.05) is 50.3 Å². The summed E-state index contributed by atoms with van der Waals surface area (Å²) in [7, 11) is 1.65. The Hall–Kier alpha value is -1.94. The summed E-state index contributed by atoms with van der Waals surface area (Å²) in [5.41, 5.74) is 0.470. The van der Waals surface area contributed by atoms with Crippen molar-refractivity contribution in [2.75, 3.05) is 13.7 Å². The van der Waals surface area contributed by atoms with E-state index in [0.29, 0.717) is 18.7 Å². The van der Waals surface area contributed by atoms with Crippen molar-refractivity contribution in [2.45, 2.75) is 40.5 Å². The summed E-state index contributed by atoms with van der Waals surface area (Å²) in [6.07, 6.45) is 15.8. The fraction of sp³-hybridized carbons (Fsp3) is 0.444. The standard InChI is InChI=1S/C16H24N2O2.C2H6/c1-4-6-7-8-11-15(16(19)18-12-5-2)17-13-9-10-14-20-3;1-2/h4-9,12-13H,10-11,14H2,1-3H3,(H,18,19);1-2H3/b6-4-,8-7-,12-5+,13-9+,17-15?;. The van der Waals surface area contributed by atoms with E-state index in [1.54, 1.807) is 25.6 Å². The van der Waals surface area contributed by atoms with Crippen LogP contribution in [0.5, 0.6) is 0 Å². The summed E-state index contributed by atoms with van der Waals surface area (Å²) in [4.78, 5) is 16.1. The summed E-state index contributed by atoms with van der Waals surface area (Å²) in [5, 5.41) is 2.66. The molecule has 0 aliphatic rings. The number of hydrogen-bond acceptors (Lipinski definition) is 3. The number of carbonyl (C=O) groups excluding carboxylic acids is 1. The van der Waals surface area contributed by atoms with Crippen LogP contribution in [0, 0.1) is 0 Å². The first-order valence-electron chi connectivity index (χ1n) is 7.66. The maximum absolute atomic E-state index is 11.9. The van der Waals surface area contributed by atoms with Gasteiger partial charge in [0.25, 0.3) is 5.91 Å². The zero-order valence-electron chi connectivity index (χ0n) is 14.5. The van der Waals surface area contributed by atoms with Crippen molar-refractivity contribution < 1.29 is 9.53 Å². The van der Waals surface area contributed by atoms with Crippen LogP contribution in [0.1, 0.15) is 40.5 Å². The maximum Gasteiger partial charge on any atom is 0.269 e. The molecule has 0 saturated heterocycles. The van der Waals surface area contributed by atoms with Gasteiger partial charge in [0.15, 0.2) is 0 Å². The summed E-state index contributed by atoms with van der Waals surface area (Å²) >= 11 is 0. The Bertz CT molecular complexity index is 405. The molecule has 0 aliphatic carbocycles. The molecule has 0 spiro atoms. The molecule has 0 aliphatic heterocycles. The first-order chi connectivity index (χ1) is 10.8. The van der Waals surface area contributed by atoms with Gasteiger partial charge in [-0.2, -0.15) is 0 Å². The molecule has 4 heteroatoms. The molecule has 0 aromatic rings. The predicted octanol–water partition coefficient (Wildman–Crippen LogP) is 4.18. The van der Waals surface area contributed by atoms with Crippen molar-refractivity contribution in [3.05, 3.63) is 48.9 Å². The molecule has 124 valence electrons. The van der Waals surface area contributed by atoms with E-state index in [9.17, 15) is 4.79 Å². The second-order valence-electron chi connectivity index (χ2n) is 3.87. The monoisotopic (exact) mass is 306 g/mol. The zero-order chi connectivity index (χ0) is 17.1. The fourth-order valence-electron chi connectivity index (χ4n) is 1.22. The van der Waals surface area contributed by atoms with Crippen molar-refractivity contribution in [2.24, 2.45) is 4.99 Å². The van der Waals surface area contributed by atoms with E-state index in [0.717, 1.165) is 6.42 Å². The molecule has 1 amide bonds. The number of nitrogens with one attached hydrogen (secondary N) is 1. The van der Waals surface area contributed by atoms with Gasteiger partial charge in [0, 0.05) is 26.3 Å². The van der Waals surface area contributed by atoms with Gasteiger partial charge in [-0.25, -0.2) is 0 Å². The van der Waals surface area contributed by atoms with Gasteiger partial charge in [-0.05, 0) is 26.5 Å². The molecule has 22 heavy (non-hydrogen) atoms. The van der Waals surface area contributed by atoms with E-state index in [1.807, 2.05) is 58.1 Å². The van der Waals surface area contributed by atoms with Crippen LogP contribution in [0.25, 0.3) is 0 Å². The van der Waals surface area contributed by atoms with Crippen molar-refractivity contribution in [3.8, 4) is 0 Å². The number of methoxy groups -OCH3 is 1. The van der Waals surface area contributed by atoms with E-state index in [1.165, 1.54) is 0 Å². The third kappa shape index (κ3) is 14.5. The zero-order valence-corrected chi connectivity index (χ0v) is 14.5. The molecule has 0 bridgehead atoms. The molecule has 0 atom stereocenters. The van der Waals surface area contributed by atoms with E-state index < -0.39 is 0 Å². The van der Waals surface area contributed by atoms with E-state index >= 15 is 0 Å². The topological polar surface area (TPSA) is 50.7 Å². The number of hydrogen-bond donors (Lipinski definition) is 1. The number of rotatable bonds is 9. The van der Waals surface area contributed by atoms with Crippen LogP contribution < -0.4 is 5.32 Å². The van der Waals surface area contributed by atoms with E-state index in [4.69, 9.17) is 4.74 Å². The molecule has 0 heterocycles. The molecule has 1 N–H and O–H groups in total. The van der Waals surface area contributed by atoms with Crippen molar-refractivity contribution in [1.29, 1.82) is 0 Å². The minimum Gasteiger partial charge on any atom is -0.384 e. The van der Waals surface area contributed by atoms with E-state index in [-0.39, 0.29) is 5.91 Å². The fourth-order valence-corrected chi connectivity index (χ4v) is 1.22. The number of carbonyl (C=O) groups is 1. The lowest BCUT2D eigenvalue weighted by Gasteiger charge is -2.01. The minimum absolute atomic E-state index is 0.190. The SMILES string of the molecule is C/C=C\C=C/CC(=N/C=C/CCOC)C(=O)N/C=C/C.CC. The Kier molecular flexibility index (Phi) is 19.4. The summed E-state index contributed by atoms with van der Waals surface area (Å²) in [6.45, 7) is 8.43. The number of ether oxygens (including phenoxy) is 1. The minimum atomic E-state index is -0.190. The average Bonchev–Trinajstić information content (AvgIpc) is 2.56. The van der Waals surface area contributed by atoms with Crippen LogP contribution in [0.4, 0.5) is 0 Å². The average molecular weight is 306 g/mol. The Balaban J connectivity index is 0. The van der Waals surface area contributed by atoms with Gasteiger partial charge in [0.05, 0.1) is 0 Å². The highest BCUT2D eigenvalue weighted by molar-refractivity contribution is 6.39. The number of aliphatic imine (C=N–C) groups is 1. The molecule has 0 aromatic heterocycles. The smallest absolute Gasteiger partial charge is 0.269 e. The second-order valence-corrected chi connectivity index (χ2v) is 3.87. The van der Waals surface area contributed by atoms with Crippen LogP contribution >= 0.6 is 0 Å². The van der Waals surface area contributed by atoms with Gasteiger partial charge >= 0.3 is 0 Å². The molecule has 0 saturated carbocycles. The largest absolute Gasteiger partial charge is 0.384 e. The molecule has 0 rings (SSSR count). The van der Waals surface area contributed by atoms with Crippen LogP contribution in [0.2, 0.25) is 0 Å². The van der Waals surface area contributed by atoms with Gasteiger partial charge in [-0.15, -0.1) is 0 Å². The molecule has 0 unspecified atom stereocenters. The van der Waals surface area contributed by atoms with Crippen LogP contribution in [0.3, 0.4) is 0 Å². The van der Waals surface area contributed by atoms with Crippen molar-refractivity contribution in [3.63, 3.8) is 0 Å². The first kappa shape index (κ1) is 22.3. The Morgan fingerprint density at radius 1 is 1.14 bits per heavy atom. The molecule has 0 radical (unpaired) electrons. The molecular formula is C18H30N2O2. The quantitative estimate of drug-likeness (QED) is 0.395. The lowest BCUT2D eigenvalue weighted by molar-refractivity contribution is -0.114. The van der Waals surface area contributed by atoms with Gasteiger partial charge in [0.2, 0.25) is 0 Å². The second kappa shape index (κ2) is 19.1. The van der Waals surface area contributed by atoms with Gasteiger partial charge in [0.1, 0.15) is 5.71 Å². The van der Waals surface area contributed by atoms with Crippen LogP contribution in [0.15, 0.2) is 53.8 Å². The first-order valence-corrected chi connectivity index (χ1v) is 7.66. The highest BCUT2D eigenvalue weighted by atomic mass is 16.5. The van der Waals surface area contributed by atoms with Gasteiger partial charge < -0.3 is 10.1 Å². The summed E-state index contributed by atoms with van der Waals surface area (Å²) in [6, 6.07) is 0. The number of allylic oxidation sites excluding steroid dienone is 5. The molecule has 4 nitrogen and oxygen atoms in total. The maximum atomic E-state index is 11.9. The molecule has 0 aromatic carbocycles. The van der Waals surface area contributed by atoms with E-state index in [2.05, 4.69) is 10.3 Å². The van der Waals surface area contributed by atoms with Crippen LogP contribution in [-0.4, -0.2) is 25.3 Å². The lowest BCUT2D eigenvalue weighted by Crippen LogP contribution is -2.26. The predicted molar refractivity (Wildman–Crippen MR) is 95.9 cm³/mol. The normalized spacial score (nSPS) is 12.3. The third-order valence-corrected chi connectivity index (χ3v) is 2.22. The third-order valence-electron chi connectivity index (χ3n) is 2.22. The number of amides is 1. The summed E-state index contributed by atoms with van der Waals surface area (Å²) in [5.74, 6) is -0.190. The molecule has 0 fully saturated rings. The Labute approximate surface area is 135 Å². The molecular weight excluding hydrogens is 276 g/mol. The highest BCUT2D eigenvalue weighted by Gasteiger charge is 2.06. The van der Waals surface area contributed by atoms with Crippen LogP contribution in [-0.2, 0) is 9.53 Å². The highest BCUT2D eigenvalue weighted by Crippen LogP contribution is 1.94. The Morgan fingerprint density at radius 3 is 2.45 bits per heavy atom. The number of nitrogens with zero attached hydrogens (tertiary/aromatic N) is 1. The Morgan fingerprint density at radius 2 is 1.86 bits per heavy atom. The lowest BCUT2D eigenvalue weighted by atomic mass is 10.2. The van der Waals surface area contributed by atoms with Crippen molar-refractivity contribution in [1.82, 2.24) is 5.32 Å². The summed E-state index contributed by atoms with van der Waals surface area (Å²) < 4.78 is 4.93.